The Kier molecular flexibility index (Phi) is 8.38. The summed E-state index contributed by atoms with van der Waals surface area (Å²) in [5, 5.41) is 2.64. The quantitative estimate of drug-likeness (QED) is 0.659. The average Bonchev–Trinajstić information content (AvgIpc) is 2.67. The Morgan fingerprint density at radius 3 is 2.44 bits per heavy atom. The molecule has 0 heterocycles. The van der Waals surface area contributed by atoms with E-state index in [1.807, 2.05) is 36.4 Å². The second-order valence-corrected chi connectivity index (χ2v) is 8.26. The van der Waals surface area contributed by atoms with Gasteiger partial charge in [-0.1, -0.05) is 52.3 Å². The number of hydrogen-bond acceptors (Lipinski definition) is 3. The van der Waals surface area contributed by atoms with Crippen LogP contribution in [0.5, 0.6) is 0 Å². The van der Waals surface area contributed by atoms with Gasteiger partial charge in [0.05, 0.1) is 5.75 Å². The van der Waals surface area contributed by atoms with Gasteiger partial charge in [0.2, 0.25) is 11.8 Å². The van der Waals surface area contributed by atoms with Gasteiger partial charge < -0.3 is 10.2 Å². The third kappa shape index (κ3) is 6.40. The van der Waals surface area contributed by atoms with Crippen molar-refractivity contribution in [2.45, 2.75) is 32.2 Å². The Labute approximate surface area is 173 Å². The number of hydrogen-bond donors (Lipinski definition) is 1. The second-order valence-electron chi connectivity index (χ2n) is 6.36. The molecule has 0 bridgehead atoms. The molecule has 0 saturated carbocycles. The van der Waals surface area contributed by atoms with Crippen LogP contribution in [0.15, 0.2) is 53.0 Å². The molecule has 2 rings (SSSR count). The molecule has 27 heavy (non-hydrogen) atoms. The molecule has 2 amide bonds. The zero-order chi connectivity index (χ0) is 19.8. The highest BCUT2D eigenvalue weighted by molar-refractivity contribution is 9.10. The summed E-state index contributed by atoms with van der Waals surface area (Å²) < 4.78 is 0.984. The van der Waals surface area contributed by atoms with E-state index in [-0.39, 0.29) is 11.8 Å². The fourth-order valence-corrected chi connectivity index (χ4v) is 3.93. The van der Waals surface area contributed by atoms with Crippen molar-refractivity contribution in [3.05, 3.63) is 69.7 Å². The van der Waals surface area contributed by atoms with E-state index >= 15 is 0 Å². The smallest absolute Gasteiger partial charge is 0.242 e. The van der Waals surface area contributed by atoms with E-state index in [0.717, 1.165) is 15.8 Å². The third-order valence-electron chi connectivity index (χ3n) is 4.42. The number of nitrogens with one attached hydrogen (secondary N) is 1. The van der Waals surface area contributed by atoms with Gasteiger partial charge in [0.25, 0.3) is 0 Å². The summed E-state index contributed by atoms with van der Waals surface area (Å²) in [5.74, 6) is 0.919. The molecular formula is C21H25BrN2O2S. The van der Waals surface area contributed by atoms with Gasteiger partial charge in [0.1, 0.15) is 6.04 Å². The topological polar surface area (TPSA) is 49.4 Å². The predicted molar refractivity (Wildman–Crippen MR) is 116 cm³/mol. The summed E-state index contributed by atoms with van der Waals surface area (Å²) in [6.45, 7) is 4.25. The molecule has 4 nitrogen and oxygen atoms in total. The van der Waals surface area contributed by atoms with E-state index in [2.05, 4.69) is 40.3 Å². The summed E-state index contributed by atoms with van der Waals surface area (Å²) in [7, 11) is 1.59. The number of nitrogens with zero attached hydrogens (tertiary/aromatic N) is 1. The van der Waals surface area contributed by atoms with Crippen molar-refractivity contribution < 1.29 is 9.59 Å². The lowest BCUT2D eigenvalue weighted by atomic mass is 10.1. The van der Waals surface area contributed by atoms with Crippen molar-refractivity contribution in [1.82, 2.24) is 10.2 Å². The molecule has 6 heteroatoms. The van der Waals surface area contributed by atoms with E-state index in [4.69, 9.17) is 0 Å². The van der Waals surface area contributed by atoms with Gasteiger partial charge >= 0.3 is 0 Å². The molecule has 0 aliphatic heterocycles. The monoisotopic (exact) mass is 448 g/mol. The number of halogens is 1. The Hall–Kier alpha value is -1.79. The minimum absolute atomic E-state index is 0.0346. The lowest BCUT2D eigenvalue weighted by molar-refractivity contribution is -0.138. The van der Waals surface area contributed by atoms with Crippen molar-refractivity contribution >= 4 is 39.5 Å². The van der Waals surface area contributed by atoms with Crippen molar-refractivity contribution in [3.8, 4) is 0 Å². The molecule has 0 aromatic heterocycles. The number of benzene rings is 2. The summed E-state index contributed by atoms with van der Waals surface area (Å²) in [6.07, 6.45) is 0. The van der Waals surface area contributed by atoms with Crippen LogP contribution in [0.1, 0.15) is 23.6 Å². The highest BCUT2D eigenvalue weighted by atomic mass is 79.9. The minimum atomic E-state index is -0.523. The molecule has 0 spiro atoms. The highest BCUT2D eigenvalue weighted by Crippen LogP contribution is 2.19. The van der Waals surface area contributed by atoms with Crippen LogP contribution in [0.3, 0.4) is 0 Å². The number of likely N-dealkylation sites (N-methyl/N-ethyl adjacent to an activating group) is 1. The van der Waals surface area contributed by atoms with Gasteiger partial charge in [0, 0.05) is 23.8 Å². The summed E-state index contributed by atoms with van der Waals surface area (Å²) >= 11 is 4.99. The van der Waals surface area contributed by atoms with Gasteiger partial charge in [-0.05, 0) is 42.7 Å². The minimum Gasteiger partial charge on any atom is -0.357 e. The maximum Gasteiger partial charge on any atom is 0.242 e. The Balaban J connectivity index is 2.04. The van der Waals surface area contributed by atoms with Crippen LogP contribution in [-0.2, 0) is 21.9 Å². The molecule has 1 atom stereocenters. The van der Waals surface area contributed by atoms with Crippen molar-refractivity contribution in [2.75, 3.05) is 12.8 Å². The number of thioether (sulfide) groups is 1. The van der Waals surface area contributed by atoms with Crippen LogP contribution in [0.2, 0.25) is 0 Å². The first-order valence-electron chi connectivity index (χ1n) is 8.80. The van der Waals surface area contributed by atoms with E-state index in [0.29, 0.717) is 12.3 Å². The second kappa shape index (κ2) is 10.5. The molecule has 0 radical (unpaired) electrons. The van der Waals surface area contributed by atoms with E-state index in [1.165, 1.54) is 11.1 Å². The van der Waals surface area contributed by atoms with Gasteiger partial charge in [-0.2, -0.15) is 0 Å². The summed E-state index contributed by atoms with van der Waals surface area (Å²) in [6, 6.07) is 15.5. The van der Waals surface area contributed by atoms with E-state index < -0.39 is 6.04 Å². The normalized spacial score (nSPS) is 11.7. The first-order valence-corrected chi connectivity index (χ1v) is 10.7. The zero-order valence-corrected chi connectivity index (χ0v) is 18.3. The number of carbonyl (C=O) groups is 2. The first kappa shape index (κ1) is 21.5. The SMILES string of the molecule is CNC(=O)[C@H](C)N(Cc1ccc(Br)cc1)C(=O)CSCc1ccccc1C. The lowest BCUT2D eigenvalue weighted by Crippen LogP contribution is -2.47. The Morgan fingerprint density at radius 2 is 1.81 bits per heavy atom. The molecule has 0 saturated heterocycles. The molecule has 0 unspecified atom stereocenters. The van der Waals surface area contributed by atoms with Crippen LogP contribution in [0.25, 0.3) is 0 Å². The van der Waals surface area contributed by atoms with E-state index in [9.17, 15) is 9.59 Å². The van der Waals surface area contributed by atoms with Gasteiger partial charge in [-0.3, -0.25) is 9.59 Å². The first-order chi connectivity index (χ1) is 12.9. The number of aryl methyl sites for hydroxylation is 1. The third-order valence-corrected chi connectivity index (χ3v) is 5.92. The molecule has 0 fully saturated rings. The maximum atomic E-state index is 12.9. The van der Waals surface area contributed by atoms with Crippen LogP contribution < -0.4 is 5.32 Å². The summed E-state index contributed by atoms with van der Waals surface area (Å²) in [5.41, 5.74) is 3.45. The van der Waals surface area contributed by atoms with Crippen molar-refractivity contribution in [1.29, 1.82) is 0 Å². The number of rotatable bonds is 8. The lowest BCUT2D eigenvalue weighted by Gasteiger charge is -2.28. The fourth-order valence-electron chi connectivity index (χ4n) is 2.68. The largest absolute Gasteiger partial charge is 0.357 e. The Morgan fingerprint density at radius 1 is 1.15 bits per heavy atom. The predicted octanol–water partition coefficient (Wildman–Crippen LogP) is 4.15. The van der Waals surface area contributed by atoms with E-state index in [1.54, 1.807) is 30.6 Å². The fraction of sp³-hybridized carbons (Fsp3) is 0.333. The van der Waals surface area contributed by atoms with Crippen LogP contribution in [-0.4, -0.2) is 35.6 Å². The maximum absolute atomic E-state index is 12.9. The summed E-state index contributed by atoms with van der Waals surface area (Å²) in [4.78, 5) is 26.6. The molecule has 144 valence electrons. The molecule has 0 aliphatic rings. The van der Waals surface area contributed by atoms with Crippen molar-refractivity contribution in [3.63, 3.8) is 0 Å². The number of carbonyl (C=O) groups excluding carboxylic acids is 2. The van der Waals surface area contributed by atoms with Crippen LogP contribution in [0, 0.1) is 6.92 Å². The molecule has 0 aliphatic carbocycles. The number of amides is 2. The molecule has 1 N–H and O–H groups in total. The molecular weight excluding hydrogens is 424 g/mol. The molecule has 2 aromatic rings. The van der Waals surface area contributed by atoms with Gasteiger partial charge in [-0.25, -0.2) is 0 Å². The Bertz CT molecular complexity index is 780. The zero-order valence-electron chi connectivity index (χ0n) is 15.9. The van der Waals surface area contributed by atoms with Crippen LogP contribution >= 0.6 is 27.7 Å². The van der Waals surface area contributed by atoms with Gasteiger partial charge in [0.15, 0.2) is 0 Å². The highest BCUT2D eigenvalue weighted by Gasteiger charge is 2.25. The standard InChI is InChI=1S/C21H25BrN2O2S/c1-15-6-4-5-7-18(15)13-27-14-20(25)24(16(2)21(26)23-3)12-17-8-10-19(22)11-9-17/h4-11,16H,12-14H2,1-3H3,(H,23,26)/t16-/m0/s1. The average molecular weight is 449 g/mol. The van der Waals surface area contributed by atoms with Gasteiger partial charge in [-0.15, -0.1) is 11.8 Å². The van der Waals surface area contributed by atoms with Crippen LogP contribution in [0.4, 0.5) is 0 Å². The molecule has 2 aromatic carbocycles. The van der Waals surface area contributed by atoms with Crippen molar-refractivity contribution in [2.24, 2.45) is 0 Å².